The van der Waals surface area contributed by atoms with Crippen LogP contribution in [0.1, 0.15) is 31.0 Å². The van der Waals surface area contributed by atoms with Crippen LogP contribution in [0.3, 0.4) is 0 Å². The van der Waals surface area contributed by atoms with Crippen molar-refractivity contribution in [3.8, 4) is 5.75 Å². The van der Waals surface area contributed by atoms with E-state index < -0.39 is 0 Å². The summed E-state index contributed by atoms with van der Waals surface area (Å²) in [6.07, 6.45) is 0. The second kappa shape index (κ2) is 6.95. The Bertz CT molecular complexity index is 496. The minimum atomic E-state index is 0.344. The Labute approximate surface area is 115 Å². The fourth-order valence-corrected chi connectivity index (χ4v) is 2.04. The number of nitrogens with one attached hydrogen (secondary N) is 1. The van der Waals surface area contributed by atoms with Crippen LogP contribution in [0.5, 0.6) is 5.75 Å². The molecule has 1 atom stereocenters. The molecule has 0 fully saturated rings. The first-order valence-corrected chi connectivity index (χ1v) is 6.79. The van der Waals surface area contributed by atoms with Crippen LogP contribution in [-0.2, 0) is 6.54 Å². The first kappa shape index (κ1) is 13.6. The molecule has 0 radical (unpaired) electrons. The van der Waals surface area contributed by atoms with E-state index in [1.807, 2.05) is 25.1 Å². The van der Waals surface area contributed by atoms with Crippen LogP contribution < -0.4 is 10.1 Å². The number of benzene rings is 2. The lowest BCUT2D eigenvalue weighted by Crippen LogP contribution is -2.17. The van der Waals surface area contributed by atoms with E-state index in [-0.39, 0.29) is 0 Å². The van der Waals surface area contributed by atoms with Gasteiger partial charge in [0.1, 0.15) is 5.75 Å². The zero-order valence-corrected chi connectivity index (χ0v) is 11.6. The molecule has 0 aliphatic heterocycles. The maximum Gasteiger partial charge on any atom is 0.119 e. The van der Waals surface area contributed by atoms with Crippen molar-refractivity contribution in [3.05, 3.63) is 65.7 Å². The van der Waals surface area contributed by atoms with Crippen molar-refractivity contribution in [2.45, 2.75) is 26.4 Å². The van der Waals surface area contributed by atoms with Gasteiger partial charge in [-0.05, 0) is 37.1 Å². The normalized spacial score (nSPS) is 12.1. The van der Waals surface area contributed by atoms with Crippen LogP contribution in [0.15, 0.2) is 54.6 Å². The van der Waals surface area contributed by atoms with Gasteiger partial charge in [-0.3, -0.25) is 0 Å². The van der Waals surface area contributed by atoms with Gasteiger partial charge in [-0.2, -0.15) is 0 Å². The summed E-state index contributed by atoms with van der Waals surface area (Å²) in [6.45, 7) is 5.73. The fourth-order valence-electron chi connectivity index (χ4n) is 2.04. The van der Waals surface area contributed by atoms with Gasteiger partial charge in [0, 0.05) is 12.6 Å². The molecule has 0 amide bonds. The van der Waals surface area contributed by atoms with Crippen molar-refractivity contribution >= 4 is 0 Å². The smallest absolute Gasteiger partial charge is 0.119 e. The Kier molecular flexibility index (Phi) is 4.99. The third-order valence-electron chi connectivity index (χ3n) is 3.12. The highest BCUT2D eigenvalue weighted by atomic mass is 16.5. The van der Waals surface area contributed by atoms with E-state index in [4.69, 9.17) is 4.74 Å². The second-order valence-electron chi connectivity index (χ2n) is 4.59. The largest absolute Gasteiger partial charge is 0.494 e. The van der Waals surface area contributed by atoms with E-state index >= 15 is 0 Å². The summed E-state index contributed by atoms with van der Waals surface area (Å²) in [6, 6.07) is 19.1. The monoisotopic (exact) mass is 255 g/mol. The average molecular weight is 255 g/mol. The maximum absolute atomic E-state index is 5.51. The van der Waals surface area contributed by atoms with Crippen LogP contribution in [0.2, 0.25) is 0 Å². The van der Waals surface area contributed by atoms with Crippen molar-refractivity contribution < 1.29 is 4.74 Å². The molecule has 2 aromatic carbocycles. The third-order valence-corrected chi connectivity index (χ3v) is 3.12. The van der Waals surface area contributed by atoms with Crippen molar-refractivity contribution in [3.63, 3.8) is 0 Å². The Balaban J connectivity index is 1.93. The summed E-state index contributed by atoms with van der Waals surface area (Å²) in [7, 11) is 0. The first-order valence-electron chi connectivity index (χ1n) is 6.79. The van der Waals surface area contributed by atoms with Crippen molar-refractivity contribution in [1.82, 2.24) is 5.32 Å². The third kappa shape index (κ3) is 4.11. The molecule has 0 heterocycles. The molecule has 1 N–H and O–H groups in total. The number of rotatable bonds is 6. The highest BCUT2D eigenvalue weighted by Gasteiger charge is 2.04. The van der Waals surface area contributed by atoms with E-state index in [2.05, 4.69) is 48.6 Å². The molecule has 100 valence electrons. The van der Waals surface area contributed by atoms with Gasteiger partial charge in [0.2, 0.25) is 0 Å². The maximum atomic E-state index is 5.51. The van der Waals surface area contributed by atoms with Gasteiger partial charge in [-0.1, -0.05) is 42.5 Å². The molecule has 2 rings (SSSR count). The lowest BCUT2D eigenvalue weighted by atomic mass is 10.1. The minimum Gasteiger partial charge on any atom is -0.494 e. The van der Waals surface area contributed by atoms with Crippen LogP contribution in [0, 0.1) is 0 Å². The summed E-state index contributed by atoms with van der Waals surface area (Å²) in [4.78, 5) is 0. The quantitative estimate of drug-likeness (QED) is 0.844. The number of hydrogen-bond donors (Lipinski definition) is 1. The lowest BCUT2D eigenvalue weighted by Gasteiger charge is -2.14. The molecule has 2 aromatic rings. The van der Waals surface area contributed by atoms with Gasteiger partial charge < -0.3 is 10.1 Å². The topological polar surface area (TPSA) is 21.3 Å². The summed E-state index contributed by atoms with van der Waals surface area (Å²) in [5.41, 5.74) is 2.55. The fraction of sp³-hybridized carbons (Fsp3) is 0.294. The molecular weight excluding hydrogens is 234 g/mol. The summed E-state index contributed by atoms with van der Waals surface area (Å²) in [5.74, 6) is 0.939. The van der Waals surface area contributed by atoms with Crippen molar-refractivity contribution in [2.24, 2.45) is 0 Å². The van der Waals surface area contributed by atoms with Gasteiger partial charge >= 0.3 is 0 Å². The molecule has 0 saturated heterocycles. The van der Waals surface area contributed by atoms with E-state index in [1.165, 1.54) is 11.1 Å². The van der Waals surface area contributed by atoms with Crippen LogP contribution in [-0.4, -0.2) is 6.61 Å². The van der Waals surface area contributed by atoms with E-state index in [9.17, 15) is 0 Å². The summed E-state index contributed by atoms with van der Waals surface area (Å²) in [5, 5.41) is 3.53. The molecule has 0 aromatic heterocycles. The molecule has 1 unspecified atom stereocenters. The summed E-state index contributed by atoms with van der Waals surface area (Å²) < 4.78 is 5.51. The zero-order chi connectivity index (χ0) is 13.5. The Hall–Kier alpha value is -1.80. The van der Waals surface area contributed by atoms with Crippen LogP contribution in [0.4, 0.5) is 0 Å². The molecule has 0 aliphatic rings. The molecule has 2 heteroatoms. The van der Waals surface area contributed by atoms with Gasteiger partial charge in [0.15, 0.2) is 0 Å². The highest BCUT2D eigenvalue weighted by molar-refractivity contribution is 5.28. The minimum absolute atomic E-state index is 0.344. The van der Waals surface area contributed by atoms with Crippen LogP contribution in [0.25, 0.3) is 0 Å². The molecule has 0 aliphatic carbocycles. The predicted octanol–water partition coefficient (Wildman–Crippen LogP) is 3.94. The SMILES string of the molecule is CCOc1cccc(CNC(C)c2ccccc2)c1. The van der Waals surface area contributed by atoms with Gasteiger partial charge in [0.25, 0.3) is 0 Å². The Morgan fingerprint density at radius 3 is 2.58 bits per heavy atom. The van der Waals surface area contributed by atoms with Crippen molar-refractivity contribution in [1.29, 1.82) is 0 Å². The van der Waals surface area contributed by atoms with Crippen molar-refractivity contribution in [2.75, 3.05) is 6.61 Å². The van der Waals surface area contributed by atoms with E-state index in [0.717, 1.165) is 12.3 Å². The molecule has 0 spiro atoms. The van der Waals surface area contributed by atoms with Gasteiger partial charge in [0.05, 0.1) is 6.61 Å². The Morgan fingerprint density at radius 2 is 1.84 bits per heavy atom. The lowest BCUT2D eigenvalue weighted by molar-refractivity contribution is 0.339. The second-order valence-corrected chi connectivity index (χ2v) is 4.59. The van der Waals surface area contributed by atoms with Crippen LogP contribution >= 0.6 is 0 Å². The first-order chi connectivity index (χ1) is 9.29. The number of hydrogen-bond acceptors (Lipinski definition) is 2. The highest BCUT2D eigenvalue weighted by Crippen LogP contribution is 2.15. The number of ether oxygens (including phenoxy) is 1. The predicted molar refractivity (Wildman–Crippen MR) is 79.3 cm³/mol. The molecule has 0 saturated carbocycles. The standard InChI is InChI=1S/C17H21NO/c1-3-19-17-11-7-8-15(12-17)13-18-14(2)16-9-5-4-6-10-16/h4-12,14,18H,3,13H2,1-2H3. The van der Waals surface area contributed by atoms with Gasteiger partial charge in [-0.25, -0.2) is 0 Å². The molecule has 2 nitrogen and oxygen atoms in total. The van der Waals surface area contributed by atoms with E-state index in [1.54, 1.807) is 0 Å². The Morgan fingerprint density at radius 1 is 1.05 bits per heavy atom. The molecular formula is C17H21NO. The van der Waals surface area contributed by atoms with E-state index in [0.29, 0.717) is 12.6 Å². The molecule has 19 heavy (non-hydrogen) atoms. The summed E-state index contributed by atoms with van der Waals surface area (Å²) >= 11 is 0. The zero-order valence-electron chi connectivity index (χ0n) is 11.6. The average Bonchev–Trinajstić information content (AvgIpc) is 2.46. The van der Waals surface area contributed by atoms with Gasteiger partial charge in [-0.15, -0.1) is 0 Å². The molecule has 0 bridgehead atoms.